The van der Waals surface area contributed by atoms with Crippen molar-refractivity contribution in [2.75, 3.05) is 0 Å². The van der Waals surface area contributed by atoms with Crippen LogP contribution in [0.15, 0.2) is 12.7 Å². The second-order valence-electron chi connectivity index (χ2n) is 6.19. The Balaban J connectivity index is 6.35. The van der Waals surface area contributed by atoms with Crippen molar-refractivity contribution in [3.8, 4) is 0 Å². The van der Waals surface area contributed by atoms with Gasteiger partial charge in [0.25, 0.3) is 0 Å². The summed E-state index contributed by atoms with van der Waals surface area (Å²) in [7, 11) is 0. The van der Waals surface area contributed by atoms with Crippen LogP contribution in [0.25, 0.3) is 0 Å². The highest BCUT2D eigenvalue weighted by Gasteiger charge is 2.93. The molecule has 0 N–H and O–H groups in total. The van der Waals surface area contributed by atoms with Gasteiger partial charge in [-0.2, -0.15) is 74.6 Å². The first kappa shape index (κ1) is 31.0. The van der Waals surface area contributed by atoms with E-state index in [-0.39, 0.29) is 0 Å². The predicted octanol–water partition coefficient (Wildman–Crippen LogP) is 6.85. The van der Waals surface area contributed by atoms with E-state index in [0.29, 0.717) is 0 Å². The van der Waals surface area contributed by atoms with Crippen LogP contribution in [0.1, 0.15) is 19.3 Å². The SMILES string of the molecule is C=CC(=O)OC(F)(F)C(F)(F)C(F)(F)C(F)(F)C(F)(F)C(F)(F)C(F)(F)CCCC(F)(F)F. The smallest absolute Gasteiger partial charge is 0.393 e. The van der Waals surface area contributed by atoms with Crippen LogP contribution in [0.4, 0.5) is 74.6 Å². The largest absolute Gasteiger partial charge is 0.473 e. The fourth-order valence-corrected chi connectivity index (χ4v) is 1.90. The van der Waals surface area contributed by atoms with Crippen molar-refractivity contribution >= 4 is 5.97 Å². The molecule has 196 valence electrons. The minimum Gasteiger partial charge on any atom is -0.393 e. The molecule has 0 radical (unpaired) electrons. The third kappa shape index (κ3) is 5.25. The molecule has 2 nitrogen and oxygen atoms in total. The summed E-state index contributed by atoms with van der Waals surface area (Å²) in [5.74, 6) is -50.1. The van der Waals surface area contributed by atoms with Gasteiger partial charge in [-0.3, -0.25) is 0 Å². The van der Waals surface area contributed by atoms with Crippen LogP contribution in [-0.4, -0.2) is 53.8 Å². The molecule has 0 unspecified atom stereocenters. The molecule has 0 saturated carbocycles. The number of carbonyl (C=O) groups is 1. The maximum Gasteiger partial charge on any atom is 0.473 e. The van der Waals surface area contributed by atoms with E-state index >= 15 is 0 Å². The highest BCUT2D eigenvalue weighted by atomic mass is 19.4. The normalized spacial score (nSPS) is 15.4. The molecule has 0 amide bonds. The van der Waals surface area contributed by atoms with Crippen LogP contribution >= 0.6 is 0 Å². The van der Waals surface area contributed by atoms with Gasteiger partial charge < -0.3 is 4.74 Å². The minimum atomic E-state index is -8.43. The molecule has 0 rings (SSSR count). The summed E-state index contributed by atoms with van der Waals surface area (Å²) in [6.45, 7) is 2.31. The van der Waals surface area contributed by atoms with Crippen LogP contribution in [0.3, 0.4) is 0 Å². The molecule has 0 bridgehead atoms. The summed E-state index contributed by atoms with van der Waals surface area (Å²) in [4.78, 5) is 10.5. The second kappa shape index (κ2) is 8.66. The molecule has 19 heteroatoms. The molecule has 0 fully saturated rings. The first-order valence-electron chi connectivity index (χ1n) is 7.73. The van der Waals surface area contributed by atoms with E-state index in [0.717, 1.165) is 0 Å². The summed E-state index contributed by atoms with van der Waals surface area (Å²) in [6.07, 6.45) is -20.4. The van der Waals surface area contributed by atoms with Crippen LogP contribution in [0.2, 0.25) is 0 Å². The Kier molecular flexibility index (Phi) is 8.14. The van der Waals surface area contributed by atoms with E-state index in [1.807, 2.05) is 0 Å². The Bertz CT molecular complexity index is 722. The highest BCUT2D eigenvalue weighted by Crippen LogP contribution is 2.62. The van der Waals surface area contributed by atoms with Crippen molar-refractivity contribution in [2.45, 2.75) is 67.1 Å². The molecular weight excluding hydrogens is 523 g/mol. The number of hydrogen-bond acceptors (Lipinski definition) is 2. The van der Waals surface area contributed by atoms with Gasteiger partial charge in [-0.1, -0.05) is 6.58 Å². The molecule has 0 aromatic rings. The first-order chi connectivity index (χ1) is 14.2. The minimum absolute atomic E-state index is 0.426. The topological polar surface area (TPSA) is 26.3 Å². The van der Waals surface area contributed by atoms with Gasteiger partial charge in [0.05, 0.1) is 0 Å². The summed E-state index contributed by atoms with van der Waals surface area (Å²) >= 11 is 0. The maximum atomic E-state index is 13.5. The highest BCUT2D eigenvalue weighted by molar-refractivity contribution is 5.81. The number of hydrogen-bond donors (Lipinski definition) is 0. The monoisotopic (exact) mass is 532 g/mol. The summed E-state index contributed by atoms with van der Waals surface area (Å²) in [6, 6.07) is 0. The van der Waals surface area contributed by atoms with Gasteiger partial charge in [-0.15, -0.1) is 0 Å². The fourth-order valence-electron chi connectivity index (χ4n) is 1.90. The molecule has 0 aliphatic heterocycles. The number of ether oxygens (including phenoxy) is 1. The number of rotatable bonds is 11. The molecule has 33 heavy (non-hydrogen) atoms. The lowest BCUT2D eigenvalue weighted by atomic mass is 9.89. The third-order valence-electron chi connectivity index (χ3n) is 3.75. The Labute approximate surface area is 171 Å². The quantitative estimate of drug-likeness (QED) is 0.165. The Hall–Kier alpha value is -1.98. The van der Waals surface area contributed by atoms with E-state index < -0.39 is 79.1 Å². The van der Waals surface area contributed by atoms with Crippen molar-refractivity contribution in [3.05, 3.63) is 12.7 Å². The van der Waals surface area contributed by atoms with E-state index in [1.54, 1.807) is 0 Å². The molecule has 0 heterocycles. The number of carbonyl (C=O) groups excluding carboxylic acids is 1. The van der Waals surface area contributed by atoms with E-state index in [4.69, 9.17) is 0 Å². The number of halogens is 17. The van der Waals surface area contributed by atoms with E-state index in [9.17, 15) is 79.4 Å². The molecule has 0 aliphatic rings. The lowest BCUT2D eigenvalue weighted by molar-refractivity contribution is -0.460. The first-order valence-corrected chi connectivity index (χ1v) is 7.73. The average Bonchev–Trinajstić information content (AvgIpc) is 2.58. The van der Waals surface area contributed by atoms with Gasteiger partial charge >= 0.3 is 53.8 Å². The van der Waals surface area contributed by atoms with E-state index in [1.165, 1.54) is 0 Å². The summed E-state index contributed by atoms with van der Waals surface area (Å²) in [5.41, 5.74) is 0. The lowest BCUT2D eigenvalue weighted by Crippen LogP contribution is -2.73. The molecule has 0 aromatic heterocycles. The zero-order valence-corrected chi connectivity index (χ0v) is 15.1. The lowest BCUT2D eigenvalue weighted by Gasteiger charge is -2.42. The van der Waals surface area contributed by atoms with Crippen LogP contribution < -0.4 is 0 Å². The van der Waals surface area contributed by atoms with Gasteiger partial charge in [-0.25, -0.2) is 4.79 Å². The van der Waals surface area contributed by atoms with Crippen LogP contribution in [0, 0.1) is 0 Å². The van der Waals surface area contributed by atoms with Gasteiger partial charge in [0.15, 0.2) is 0 Å². The molecular formula is C14H9F17O2. The Morgan fingerprint density at radius 3 is 1.33 bits per heavy atom. The van der Waals surface area contributed by atoms with Crippen molar-refractivity contribution in [1.29, 1.82) is 0 Å². The molecule has 0 saturated heterocycles. The summed E-state index contributed by atoms with van der Waals surface area (Å²) < 4.78 is 225. The molecule has 0 spiro atoms. The molecule has 0 aromatic carbocycles. The van der Waals surface area contributed by atoms with Gasteiger partial charge in [0, 0.05) is 18.9 Å². The third-order valence-corrected chi connectivity index (χ3v) is 3.75. The van der Waals surface area contributed by atoms with Gasteiger partial charge in [0.2, 0.25) is 0 Å². The zero-order valence-electron chi connectivity index (χ0n) is 15.1. The maximum absolute atomic E-state index is 13.5. The average molecular weight is 532 g/mol. The Morgan fingerprint density at radius 1 is 0.606 bits per heavy atom. The van der Waals surface area contributed by atoms with Gasteiger partial charge in [0.1, 0.15) is 0 Å². The molecule has 0 aliphatic carbocycles. The van der Waals surface area contributed by atoms with Crippen LogP contribution in [-0.2, 0) is 9.53 Å². The summed E-state index contributed by atoms with van der Waals surface area (Å²) in [5, 5.41) is 0. The second-order valence-corrected chi connectivity index (χ2v) is 6.19. The fraction of sp³-hybridized carbons (Fsp3) is 0.786. The zero-order chi connectivity index (χ0) is 27.1. The van der Waals surface area contributed by atoms with E-state index in [2.05, 4.69) is 11.3 Å². The van der Waals surface area contributed by atoms with Crippen molar-refractivity contribution < 1.29 is 84.2 Å². The predicted molar refractivity (Wildman–Crippen MR) is 70.8 cm³/mol. The number of alkyl halides is 17. The van der Waals surface area contributed by atoms with Crippen molar-refractivity contribution in [1.82, 2.24) is 0 Å². The standard InChI is InChI=1S/C14H9F17O2/c1-2-6(32)33-14(30,31)13(28,29)12(26,27)11(24,25)10(22,23)9(20,21)7(15,16)4-3-5-8(17,18)19/h2H,1,3-5H2. The van der Waals surface area contributed by atoms with Crippen LogP contribution in [0.5, 0.6) is 0 Å². The van der Waals surface area contributed by atoms with Crippen molar-refractivity contribution in [2.24, 2.45) is 0 Å². The van der Waals surface area contributed by atoms with Crippen molar-refractivity contribution in [3.63, 3.8) is 0 Å². The van der Waals surface area contributed by atoms with Gasteiger partial charge in [-0.05, 0) is 6.42 Å². The number of esters is 1. The Morgan fingerprint density at radius 2 is 0.970 bits per heavy atom. The molecule has 0 atom stereocenters.